The molecule has 0 bridgehead atoms. The minimum Gasteiger partial charge on any atom is -0.508 e. The standard InChI is InChI=1S/C12H22N2O3.C6H4Cl2O/c1-3-10(15)12(17)13(2)9-11(16)14-7-5-4-6-8-14;7-5-2-1-4(9)3-6(5)8/h10,15H,3-9H2,1-2H3;1-3,9H. The zero-order valence-electron chi connectivity index (χ0n) is 15.1. The normalized spacial score (nSPS) is 14.9. The number of likely N-dealkylation sites (tertiary alicyclic amines) is 1. The number of piperidine rings is 1. The van der Waals surface area contributed by atoms with Crippen LogP contribution < -0.4 is 0 Å². The van der Waals surface area contributed by atoms with E-state index in [-0.39, 0.29) is 24.1 Å². The molecule has 0 aliphatic carbocycles. The molecule has 1 unspecified atom stereocenters. The van der Waals surface area contributed by atoms with Crippen LogP contribution in [0, 0.1) is 0 Å². The lowest BCUT2D eigenvalue weighted by atomic mass is 10.1. The first-order valence-electron chi connectivity index (χ1n) is 8.61. The summed E-state index contributed by atoms with van der Waals surface area (Å²) in [6.45, 7) is 3.38. The van der Waals surface area contributed by atoms with Gasteiger partial charge in [-0.15, -0.1) is 0 Å². The van der Waals surface area contributed by atoms with Gasteiger partial charge in [0.2, 0.25) is 5.91 Å². The minimum absolute atomic E-state index is 0.0242. The molecule has 2 amide bonds. The molecule has 2 N–H and O–H groups in total. The number of halogens is 2. The number of likely N-dealkylation sites (N-methyl/N-ethyl adjacent to an activating group) is 1. The van der Waals surface area contributed by atoms with Crippen LogP contribution in [0.25, 0.3) is 0 Å². The second kappa shape index (κ2) is 11.3. The highest BCUT2D eigenvalue weighted by Gasteiger charge is 2.23. The van der Waals surface area contributed by atoms with E-state index < -0.39 is 6.10 Å². The van der Waals surface area contributed by atoms with Crippen molar-refractivity contribution in [2.24, 2.45) is 0 Å². The zero-order chi connectivity index (χ0) is 19.7. The molecule has 1 fully saturated rings. The van der Waals surface area contributed by atoms with Gasteiger partial charge in [0.25, 0.3) is 5.91 Å². The molecule has 1 aliphatic heterocycles. The molecule has 0 aromatic heterocycles. The van der Waals surface area contributed by atoms with Crippen LogP contribution in [0.3, 0.4) is 0 Å². The molecule has 0 spiro atoms. The number of aliphatic hydroxyl groups excluding tert-OH is 1. The molecule has 8 heteroatoms. The zero-order valence-corrected chi connectivity index (χ0v) is 16.6. The third-order valence-electron chi connectivity index (χ3n) is 4.03. The Morgan fingerprint density at radius 1 is 1.19 bits per heavy atom. The Kier molecular flexibility index (Phi) is 9.76. The molecule has 1 aliphatic rings. The summed E-state index contributed by atoms with van der Waals surface area (Å²) in [5.41, 5.74) is 0. The molecular formula is C18H26Cl2N2O4. The van der Waals surface area contributed by atoms with Gasteiger partial charge in [0, 0.05) is 20.1 Å². The Labute approximate surface area is 164 Å². The van der Waals surface area contributed by atoms with Gasteiger partial charge >= 0.3 is 0 Å². The highest BCUT2D eigenvalue weighted by molar-refractivity contribution is 6.42. The van der Waals surface area contributed by atoms with Crippen molar-refractivity contribution in [3.8, 4) is 5.75 Å². The Balaban J connectivity index is 0.000000314. The predicted molar refractivity (Wildman–Crippen MR) is 102 cm³/mol. The molecule has 1 aromatic rings. The number of hydrogen-bond donors (Lipinski definition) is 2. The van der Waals surface area contributed by atoms with E-state index in [0.29, 0.717) is 16.5 Å². The van der Waals surface area contributed by atoms with E-state index in [0.717, 1.165) is 25.9 Å². The molecule has 1 aromatic carbocycles. The molecule has 146 valence electrons. The monoisotopic (exact) mass is 404 g/mol. The summed E-state index contributed by atoms with van der Waals surface area (Å²) in [6.07, 6.45) is 2.64. The molecule has 26 heavy (non-hydrogen) atoms. The number of carbonyl (C=O) groups is 2. The van der Waals surface area contributed by atoms with Crippen LogP contribution in [0.5, 0.6) is 5.75 Å². The molecule has 1 heterocycles. The number of phenols is 1. The van der Waals surface area contributed by atoms with Gasteiger partial charge in [-0.3, -0.25) is 9.59 Å². The summed E-state index contributed by atoms with van der Waals surface area (Å²) in [7, 11) is 1.56. The third-order valence-corrected chi connectivity index (χ3v) is 4.77. The Hall–Kier alpha value is -1.50. The van der Waals surface area contributed by atoms with Crippen LogP contribution >= 0.6 is 23.2 Å². The second-order valence-corrected chi connectivity index (χ2v) is 6.97. The van der Waals surface area contributed by atoms with E-state index in [1.165, 1.54) is 23.5 Å². The smallest absolute Gasteiger partial charge is 0.251 e. The van der Waals surface area contributed by atoms with Crippen molar-refractivity contribution in [1.29, 1.82) is 0 Å². The van der Waals surface area contributed by atoms with E-state index in [9.17, 15) is 14.7 Å². The first-order valence-corrected chi connectivity index (χ1v) is 9.36. The summed E-state index contributed by atoms with van der Waals surface area (Å²) < 4.78 is 0. The van der Waals surface area contributed by atoms with E-state index >= 15 is 0 Å². The number of phenolic OH excluding ortho intramolecular Hbond substituents is 1. The van der Waals surface area contributed by atoms with Gasteiger partial charge in [-0.25, -0.2) is 0 Å². The number of nitrogens with zero attached hydrogens (tertiary/aromatic N) is 2. The van der Waals surface area contributed by atoms with E-state index in [2.05, 4.69) is 0 Å². The summed E-state index contributed by atoms with van der Waals surface area (Å²) in [5.74, 6) is -0.272. The molecule has 6 nitrogen and oxygen atoms in total. The lowest BCUT2D eigenvalue weighted by molar-refractivity contribution is -0.145. The maximum atomic E-state index is 11.9. The highest BCUT2D eigenvalue weighted by Crippen LogP contribution is 2.25. The van der Waals surface area contributed by atoms with Crippen LogP contribution in [0.4, 0.5) is 0 Å². The largest absolute Gasteiger partial charge is 0.508 e. The van der Waals surface area contributed by atoms with Crippen molar-refractivity contribution in [3.63, 3.8) is 0 Å². The average Bonchev–Trinajstić information content (AvgIpc) is 2.64. The number of aromatic hydroxyl groups is 1. The van der Waals surface area contributed by atoms with Gasteiger partial charge in [-0.05, 0) is 43.9 Å². The first kappa shape index (κ1) is 22.5. The molecule has 0 saturated carbocycles. The summed E-state index contributed by atoms with van der Waals surface area (Å²) >= 11 is 11.1. The van der Waals surface area contributed by atoms with Crippen LogP contribution in [0.1, 0.15) is 32.6 Å². The van der Waals surface area contributed by atoms with Crippen molar-refractivity contribution in [2.75, 3.05) is 26.7 Å². The van der Waals surface area contributed by atoms with Crippen LogP contribution in [0.2, 0.25) is 10.0 Å². The molecule has 1 saturated heterocycles. The third kappa shape index (κ3) is 7.40. The van der Waals surface area contributed by atoms with Crippen molar-refractivity contribution in [2.45, 2.75) is 38.7 Å². The molecule has 1 atom stereocenters. The number of benzene rings is 1. The van der Waals surface area contributed by atoms with Crippen molar-refractivity contribution < 1.29 is 19.8 Å². The minimum atomic E-state index is -0.992. The number of aliphatic hydroxyl groups is 1. The van der Waals surface area contributed by atoms with Crippen LogP contribution in [-0.4, -0.2) is 64.6 Å². The van der Waals surface area contributed by atoms with Gasteiger partial charge in [0.1, 0.15) is 11.9 Å². The topological polar surface area (TPSA) is 81.1 Å². The lowest BCUT2D eigenvalue weighted by Crippen LogP contribution is -2.45. The summed E-state index contributed by atoms with van der Waals surface area (Å²) in [4.78, 5) is 26.6. The Bertz CT molecular complexity index is 607. The molecule has 2 rings (SSSR count). The lowest BCUT2D eigenvalue weighted by Gasteiger charge is -2.29. The van der Waals surface area contributed by atoms with Gasteiger partial charge in [0.05, 0.1) is 16.6 Å². The maximum Gasteiger partial charge on any atom is 0.251 e. The molecular weight excluding hydrogens is 379 g/mol. The summed E-state index contributed by atoms with van der Waals surface area (Å²) in [6, 6.07) is 4.41. The Morgan fingerprint density at radius 3 is 2.31 bits per heavy atom. The Morgan fingerprint density at radius 2 is 1.81 bits per heavy atom. The quantitative estimate of drug-likeness (QED) is 0.807. The van der Waals surface area contributed by atoms with Crippen molar-refractivity contribution in [3.05, 3.63) is 28.2 Å². The first-order chi connectivity index (χ1) is 12.3. The summed E-state index contributed by atoms with van der Waals surface area (Å²) in [5, 5.41) is 19.0. The SMILES string of the molecule is CCC(O)C(=O)N(C)CC(=O)N1CCCCC1.Oc1ccc(Cl)c(Cl)c1. The highest BCUT2D eigenvalue weighted by atomic mass is 35.5. The van der Waals surface area contributed by atoms with Crippen molar-refractivity contribution in [1.82, 2.24) is 9.80 Å². The molecule has 0 radical (unpaired) electrons. The maximum absolute atomic E-state index is 11.9. The average molecular weight is 405 g/mol. The number of carbonyl (C=O) groups excluding carboxylic acids is 2. The fraction of sp³-hybridized carbons (Fsp3) is 0.556. The van der Waals surface area contributed by atoms with Gasteiger partial charge < -0.3 is 20.0 Å². The number of rotatable bonds is 4. The fourth-order valence-corrected chi connectivity index (χ4v) is 2.73. The van der Waals surface area contributed by atoms with Gasteiger partial charge in [0.15, 0.2) is 0 Å². The van der Waals surface area contributed by atoms with Crippen LogP contribution in [0.15, 0.2) is 18.2 Å². The number of amides is 2. The van der Waals surface area contributed by atoms with Gasteiger partial charge in [-0.2, -0.15) is 0 Å². The van der Waals surface area contributed by atoms with E-state index in [1.54, 1.807) is 24.9 Å². The second-order valence-electron chi connectivity index (χ2n) is 6.16. The van der Waals surface area contributed by atoms with Crippen molar-refractivity contribution >= 4 is 35.0 Å². The predicted octanol–water partition coefficient (Wildman–Crippen LogP) is 2.93. The van der Waals surface area contributed by atoms with E-state index in [1.807, 2.05) is 0 Å². The fourth-order valence-electron chi connectivity index (χ4n) is 2.44. The van der Waals surface area contributed by atoms with Gasteiger partial charge in [-0.1, -0.05) is 30.1 Å². The van der Waals surface area contributed by atoms with Crippen LogP contribution in [-0.2, 0) is 9.59 Å². The number of hydrogen-bond acceptors (Lipinski definition) is 4. The van der Waals surface area contributed by atoms with E-state index in [4.69, 9.17) is 28.3 Å².